The highest BCUT2D eigenvalue weighted by Crippen LogP contribution is 2.27. The zero-order valence-corrected chi connectivity index (χ0v) is 30.7. The molecule has 0 heterocycles. The first-order valence-electron chi connectivity index (χ1n) is 17.5. The van der Waals surface area contributed by atoms with Gasteiger partial charge >= 0.3 is 12.0 Å². The molecule has 0 spiro atoms. The van der Waals surface area contributed by atoms with Gasteiger partial charge in [0.25, 0.3) is 0 Å². The van der Waals surface area contributed by atoms with Crippen LogP contribution in [0.25, 0.3) is 0 Å². The van der Waals surface area contributed by atoms with Crippen molar-refractivity contribution < 1.29 is 19.4 Å². The molecule has 7 nitrogen and oxygen atoms in total. The van der Waals surface area contributed by atoms with Gasteiger partial charge in [-0.15, -0.1) is 0 Å². The molecule has 1 atom stereocenters. The molecule has 0 aliphatic heterocycles. The molecule has 1 unspecified atom stereocenters. The van der Waals surface area contributed by atoms with Crippen LogP contribution in [0.3, 0.4) is 0 Å². The maximum absolute atomic E-state index is 12.5. The lowest BCUT2D eigenvalue weighted by molar-refractivity contribution is -0.144. The summed E-state index contributed by atoms with van der Waals surface area (Å²) in [5.74, 6) is 0.366. The highest BCUT2D eigenvalue weighted by atomic mass is 16.5. The predicted octanol–water partition coefficient (Wildman–Crippen LogP) is 9.02. The van der Waals surface area contributed by atoms with Crippen molar-refractivity contribution in [3.05, 3.63) is 29.8 Å². The van der Waals surface area contributed by atoms with Gasteiger partial charge in [-0.1, -0.05) is 108 Å². The number of aliphatic hydroxyl groups is 1. The summed E-state index contributed by atoms with van der Waals surface area (Å²) in [7, 11) is 0. The normalized spacial score (nSPS) is 10.6. The summed E-state index contributed by atoms with van der Waals surface area (Å²) < 4.78 is 5.59. The Balaban J connectivity index is -0.000000872. The molecule has 0 saturated heterocycles. The predicted molar refractivity (Wildman–Crippen MR) is 188 cm³/mol. The van der Waals surface area contributed by atoms with E-state index >= 15 is 0 Å². The molecule has 0 aromatic heterocycles. The summed E-state index contributed by atoms with van der Waals surface area (Å²) in [6.07, 6.45) is 6.90. The van der Waals surface area contributed by atoms with Crippen LogP contribution in [0.2, 0.25) is 0 Å². The van der Waals surface area contributed by atoms with Gasteiger partial charge in [0.1, 0.15) is 5.75 Å². The smallest absolute Gasteiger partial charge is 0.317 e. The highest BCUT2D eigenvalue weighted by Gasteiger charge is 2.29. The molecule has 3 N–H and O–H groups in total. The number of benzene rings is 1. The number of nitrogens with one attached hydrogen (secondary N) is 2. The first kappa shape index (κ1) is 47.8. The number of nitrogens with zero attached hydrogens (tertiary/aromatic N) is 1. The van der Waals surface area contributed by atoms with E-state index in [4.69, 9.17) is 4.74 Å². The van der Waals surface area contributed by atoms with Gasteiger partial charge in [0.05, 0.1) is 11.5 Å². The van der Waals surface area contributed by atoms with Crippen LogP contribution in [0.1, 0.15) is 141 Å². The number of ether oxygens (including phenoxy) is 1. The number of carbonyl (C=O) groups excluding carboxylic acids is 2. The van der Waals surface area contributed by atoms with Gasteiger partial charge in [0, 0.05) is 32.7 Å². The summed E-state index contributed by atoms with van der Waals surface area (Å²) in [5.41, 5.74) is 0.600. The minimum absolute atomic E-state index is 0.0229. The Bertz CT molecular complexity index is 718. The molecule has 2 amide bonds. The number of carbonyl (C=O) groups is 2. The first-order valence-corrected chi connectivity index (χ1v) is 17.5. The topological polar surface area (TPSA) is 90.9 Å². The second-order valence-corrected chi connectivity index (χ2v) is 9.99. The Labute approximate surface area is 267 Å². The number of hydrogen-bond acceptors (Lipinski definition) is 5. The average Bonchev–Trinajstić information content (AvgIpc) is 3.04. The zero-order chi connectivity index (χ0) is 34.1. The van der Waals surface area contributed by atoms with Crippen molar-refractivity contribution in [2.24, 2.45) is 5.41 Å². The SMILES string of the molecule is CC.CC.CC.CC.CCCCCC(C)(C)C(=O)Oc1ccc(CCC(O)CNCCNC(=O)N(CCC)CCC)cc1. The Hall–Kier alpha value is -2.12. The number of amides is 2. The van der Waals surface area contributed by atoms with Crippen LogP contribution in [0, 0.1) is 5.41 Å². The molecule has 0 fully saturated rings. The number of rotatable bonds is 18. The number of aryl methyl sites for hydroxylation is 1. The van der Waals surface area contributed by atoms with Gasteiger partial charge in [-0.25, -0.2) is 4.79 Å². The summed E-state index contributed by atoms with van der Waals surface area (Å²) in [5, 5.41) is 16.4. The molecule has 43 heavy (non-hydrogen) atoms. The Kier molecular flexibility index (Phi) is 38.2. The van der Waals surface area contributed by atoms with E-state index in [1.165, 1.54) is 0 Å². The van der Waals surface area contributed by atoms with Crippen molar-refractivity contribution in [3.63, 3.8) is 0 Å². The van der Waals surface area contributed by atoms with E-state index < -0.39 is 11.5 Å². The van der Waals surface area contributed by atoms with Crippen molar-refractivity contribution in [1.29, 1.82) is 0 Å². The average molecular weight is 612 g/mol. The summed E-state index contributed by atoms with van der Waals surface area (Å²) >= 11 is 0. The van der Waals surface area contributed by atoms with Crippen molar-refractivity contribution in [2.75, 3.05) is 32.7 Å². The molecule has 0 bridgehead atoms. The summed E-state index contributed by atoms with van der Waals surface area (Å²) in [4.78, 5) is 26.5. The van der Waals surface area contributed by atoms with Crippen LogP contribution in [-0.4, -0.2) is 60.8 Å². The van der Waals surface area contributed by atoms with Gasteiger partial charge in [-0.2, -0.15) is 0 Å². The lowest BCUT2D eigenvalue weighted by Crippen LogP contribution is -2.43. The quantitative estimate of drug-likeness (QED) is 0.0875. The number of hydrogen-bond donors (Lipinski definition) is 3. The standard InChI is InChI=1S/C28H49N3O4.4C2H6/c1-6-9-10-17-28(4,5)26(33)35-25-15-12-23(13-16-25)11-14-24(32)22-29-18-19-30-27(34)31(20-7-2)21-8-3;4*1-2/h12-13,15-16,24,29,32H,6-11,14,17-22H2,1-5H3,(H,30,34);4*1-2H3. The highest BCUT2D eigenvalue weighted by molar-refractivity contribution is 5.78. The number of unbranched alkanes of at least 4 members (excludes halogenated alkanes) is 2. The fourth-order valence-electron chi connectivity index (χ4n) is 3.82. The van der Waals surface area contributed by atoms with Gasteiger partial charge < -0.3 is 25.4 Å². The zero-order valence-electron chi connectivity index (χ0n) is 30.7. The van der Waals surface area contributed by atoms with Gasteiger partial charge in [-0.05, 0) is 63.6 Å². The summed E-state index contributed by atoms with van der Waals surface area (Å²) in [6.45, 7) is 29.3. The van der Waals surface area contributed by atoms with Crippen molar-refractivity contribution in [2.45, 2.75) is 147 Å². The largest absolute Gasteiger partial charge is 0.426 e. The molecule has 7 heteroatoms. The van der Waals surface area contributed by atoms with Crippen LogP contribution in [0.4, 0.5) is 4.79 Å². The molecular weight excluding hydrogens is 538 g/mol. The van der Waals surface area contributed by atoms with E-state index in [-0.39, 0.29) is 12.0 Å². The molecule has 0 aliphatic rings. The van der Waals surface area contributed by atoms with Crippen LogP contribution in [0.5, 0.6) is 5.75 Å². The Morgan fingerprint density at radius 3 is 1.86 bits per heavy atom. The third kappa shape index (κ3) is 26.0. The van der Waals surface area contributed by atoms with Crippen molar-refractivity contribution >= 4 is 12.0 Å². The fraction of sp³-hybridized carbons (Fsp3) is 0.778. The van der Waals surface area contributed by atoms with Crippen molar-refractivity contribution in [3.8, 4) is 5.75 Å². The van der Waals surface area contributed by atoms with E-state index in [9.17, 15) is 14.7 Å². The first-order chi connectivity index (χ1) is 20.7. The molecule has 1 rings (SSSR count). The van der Waals surface area contributed by atoms with Gasteiger partial charge in [0.2, 0.25) is 0 Å². The third-order valence-electron chi connectivity index (χ3n) is 6.09. The van der Waals surface area contributed by atoms with E-state index in [1.807, 2.05) is 98.4 Å². The van der Waals surface area contributed by atoms with E-state index in [2.05, 4.69) is 31.4 Å². The summed E-state index contributed by atoms with van der Waals surface area (Å²) in [6, 6.07) is 7.51. The second-order valence-electron chi connectivity index (χ2n) is 9.99. The molecule has 256 valence electrons. The Morgan fingerprint density at radius 1 is 0.837 bits per heavy atom. The van der Waals surface area contributed by atoms with Crippen LogP contribution < -0.4 is 15.4 Å². The van der Waals surface area contributed by atoms with Crippen molar-refractivity contribution in [1.82, 2.24) is 15.5 Å². The fourth-order valence-corrected chi connectivity index (χ4v) is 3.82. The maximum Gasteiger partial charge on any atom is 0.317 e. The molecular formula is C36H73N3O4. The monoisotopic (exact) mass is 612 g/mol. The minimum atomic E-state index is -0.488. The molecule has 1 aromatic rings. The maximum atomic E-state index is 12.5. The molecule has 1 aromatic carbocycles. The number of urea groups is 1. The van der Waals surface area contributed by atoms with Crippen LogP contribution >= 0.6 is 0 Å². The molecule has 0 saturated carbocycles. The Morgan fingerprint density at radius 2 is 1.37 bits per heavy atom. The third-order valence-corrected chi connectivity index (χ3v) is 6.09. The lowest BCUT2D eigenvalue weighted by atomic mass is 9.87. The molecule has 0 radical (unpaired) electrons. The lowest BCUT2D eigenvalue weighted by Gasteiger charge is -2.22. The van der Waals surface area contributed by atoms with Gasteiger partial charge in [0.15, 0.2) is 0 Å². The molecule has 0 aliphatic carbocycles. The number of aliphatic hydroxyl groups excluding tert-OH is 1. The van der Waals surface area contributed by atoms with E-state index in [0.29, 0.717) is 31.8 Å². The van der Waals surface area contributed by atoms with Crippen LogP contribution in [-0.2, 0) is 11.2 Å². The van der Waals surface area contributed by atoms with Crippen LogP contribution in [0.15, 0.2) is 24.3 Å². The van der Waals surface area contributed by atoms with Gasteiger partial charge in [-0.3, -0.25) is 4.79 Å². The van der Waals surface area contributed by atoms with E-state index in [1.54, 1.807) is 0 Å². The second kappa shape index (κ2) is 34.4. The number of esters is 1. The minimum Gasteiger partial charge on any atom is -0.426 e. The van der Waals surface area contributed by atoms with E-state index in [0.717, 1.165) is 63.6 Å².